The maximum absolute atomic E-state index is 14.5. The van der Waals surface area contributed by atoms with Crippen molar-refractivity contribution in [1.82, 2.24) is 74.4 Å². The van der Waals surface area contributed by atoms with E-state index in [-0.39, 0.29) is 64.6 Å². The number of carboxylic acids is 2. The molecular weight excluding hydrogens is 1280 g/mol. The van der Waals surface area contributed by atoms with E-state index in [0.29, 0.717) is 13.0 Å². The third-order valence-corrected chi connectivity index (χ3v) is 14.1. The van der Waals surface area contributed by atoms with Crippen LogP contribution in [0.4, 0.5) is 0 Å². The van der Waals surface area contributed by atoms with Crippen LogP contribution < -0.4 is 132 Å². The largest absolute Gasteiger partial charge is 0.481 e. The fraction of sp³-hybridized carbons (Fsp3) is 0.755. The highest BCUT2D eigenvalue weighted by Crippen LogP contribution is 2.11. The van der Waals surface area contributed by atoms with Gasteiger partial charge in [0.25, 0.3) is 5.91 Å². The normalized spacial score (nSPS) is 15.6. The summed E-state index contributed by atoms with van der Waals surface area (Å²) in [5.41, 5.74) is 53.6. The average molecular weight is 1380 g/mol. The molecule has 0 aromatic carbocycles. The van der Waals surface area contributed by atoms with Crippen molar-refractivity contribution in [3.05, 3.63) is 0 Å². The van der Waals surface area contributed by atoms with Crippen LogP contribution in [0.15, 0.2) is 0 Å². The van der Waals surface area contributed by atoms with Gasteiger partial charge in [-0.25, -0.2) is 4.79 Å². The van der Waals surface area contributed by atoms with Gasteiger partial charge in [0, 0.05) is 19.3 Å². The molecule has 0 aliphatic carbocycles. The number of hydrogen-bond acceptors (Lipinski definition) is 29. The highest BCUT2D eigenvalue weighted by atomic mass is 16.4. The van der Waals surface area contributed by atoms with E-state index in [0.717, 1.165) is 13.8 Å². The Hall–Kier alpha value is -7.57. The molecule has 96 heavy (non-hydrogen) atoms. The van der Waals surface area contributed by atoms with Crippen molar-refractivity contribution in [1.29, 1.82) is 0 Å². The lowest BCUT2D eigenvalue weighted by molar-refractivity contribution is -0.405. The summed E-state index contributed by atoms with van der Waals surface area (Å²) in [6.07, 6.45) is -10.3. The van der Waals surface area contributed by atoms with Crippen LogP contribution in [0.25, 0.3) is 0 Å². The van der Waals surface area contributed by atoms with Crippen molar-refractivity contribution in [2.75, 3.05) is 39.4 Å². The van der Waals surface area contributed by atoms with Crippen molar-refractivity contribution >= 4 is 76.9 Å². The van der Waals surface area contributed by atoms with E-state index < -0.39 is 226 Å². The van der Waals surface area contributed by atoms with E-state index in [9.17, 15) is 93.0 Å². The summed E-state index contributed by atoms with van der Waals surface area (Å²) in [6.45, 7) is 3.39. The summed E-state index contributed by atoms with van der Waals surface area (Å²) in [5, 5.41) is 95.3. The summed E-state index contributed by atoms with van der Waals surface area (Å²) in [5.74, 6) is -15.9. The molecule has 0 aliphatic heterocycles. The summed E-state index contributed by atoms with van der Waals surface area (Å²) >= 11 is 0. The van der Waals surface area contributed by atoms with Crippen LogP contribution in [-0.2, 0) is 62.3 Å². The van der Waals surface area contributed by atoms with Crippen LogP contribution in [0.5, 0.6) is 0 Å². The minimum atomic E-state index is -1.99. The standard InChI is InChI=1S/C53H106N24O19/c1-23(2)36(49(95)96)75-43(89)30(13-15-34(55)82)72-48(94)38(25(4)81)77-44(90)31(14-16-35(83)84)70-40(86)27(10-6-18-65-51(58)59)68-41(87)28(11-7-19-66-52(60)61)71-47(93)37(24(3)80)76-42(88)29(12-8-20-67-53(62)63)69-45(91)33(22-79)74-46(92)32(21-78)73-39(85)26(54)9-5-17-64-50(56)57/h23-33,36-38,50-53,64-67,78-81H,5-22,54,56-63H2,1-4H3,(H2,55,82)(H,68,87)(H,69,91)(H,70,86)(H,71,93)(H,72,94)(H,73,85)(H,74,92)(H,75,89)(H,76,88)(H,77,90)(H,83,84)(H,95,96)/p+1/t24-,25-,26+,27+,28+,29+,30+,31+,32+,33+,36+,37+,38+/m1/s1. The highest BCUT2D eigenvalue weighted by Gasteiger charge is 2.38. The second-order valence-corrected chi connectivity index (χ2v) is 22.9. The Kier molecular flexibility index (Phi) is 43.6. The number of nitrogens with two attached hydrogens (primary N) is 9. The molecule has 13 atom stereocenters. The third kappa shape index (κ3) is 37.1. The van der Waals surface area contributed by atoms with E-state index in [4.69, 9.17) is 51.6 Å². The number of nitrogens with one attached hydrogen (secondary N) is 14. The Bertz CT molecular complexity index is 2490. The first kappa shape index (κ1) is 88.4. The van der Waals surface area contributed by atoms with Gasteiger partial charge in [0.2, 0.25) is 59.1 Å². The van der Waals surface area contributed by atoms with Gasteiger partial charge in [0.05, 0.1) is 25.4 Å². The molecule has 0 aliphatic rings. The first-order chi connectivity index (χ1) is 44.9. The average Bonchev–Trinajstić information content (AvgIpc) is 0.890. The Labute approximate surface area is 554 Å². The monoisotopic (exact) mass is 1380 g/mol. The molecule has 552 valence electrons. The maximum Gasteiger partial charge on any atom is 0.326 e. The molecule has 0 bridgehead atoms. The molecular formula is C53H107N24O19+. The second-order valence-electron chi connectivity index (χ2n) is 22.9. The molecule has 41 N–H and O–H groups in total. The van der Waals surface area contributed by atoms with Crippen LogP contribution in [-0.4, -0.2) is 251 Å². The van der Waals surface area contributed by atoms with Gasteiger partial charge in [-0.15, -0.1) is 0 Å². The molecule has 43 heteroatoms. The zero-order chi connectivity index (χ0) is 73.5. The van der Waals surface area contributed by atoms with Crippen LogP contribution in [0, 0.1) is 5.92 Å². The number of carbonyl (C=O) groups excluding carboxylic acids is 11. The molecule has 0 heterocycles. The number of carboxylic acid groups (broad SMARTS) is 2. The highest BCUT2D eigenvalue weighted by molar-refractivity contribution is 5.99. The lowest BCUT2D eigenvalue weighted by Crippen LogP contribution is -2.69. The predicted octanol–water partition coefficient (Wildman–Crippen LogP) is -15.7. The Morgan fingerprint density at radius 3 is 0.896 bits per heavy atom. The quantitative estimate of drug-likeness (QED) is 0.0199. The van der Waals surface area contributed by atoms with Gasteiger partial charge in [0.15, 0.2) is 6.04 Å². The van der Waals surface area contributed by atoms with Gasteiger partial charge in [-0.1, -0.05) is 13.8 Å². The molecule has 0 radical (unpaired) electrons. The molecule has 0 saturated carbocycles. The molecule has 0 fully saturated rings. The SMILES string of the molecule is CC(C)[C@H](NC(=O)[C@H](CCC(N)=O)NC(=O)[C@@H](NC(=O)[C@H](CCC(=O)O)NC(=O)[C@H](CCCNC(N)N)NC(=O)[C@H](CCCNC(N)N)NC(=O)[C@@H](NC(=O)[C@H](CCCNC(N)N)NC(=O)[C@H](CO)NC(=O)[C@H](CO)NC(=O)[C@@H]([NH3+])CCCNC(N)N)[C@@H](C)O)[C@@H](C)O)C(=O)O. The number of aliphatic hydroxyl groups is 4. The fourth-order valence-electron chi connectivity index (χ4n) is 8.75. The minimum Gasteiger partial charge on any atom is -0.481 e. The Morgan fingerprint density at radius 1 is 0.354 bits per heavy atom. The first-order valence-electron chi connectivity index (χ1n) is 31.0. The number of carbonyl (C=O) groups is 13. The first-order valence-corrected chi connectivity index (χ1v) is 31.0. The zero-order valence-corrected chi connectivity index (χ0v) is 54.5. The predicted molar refractivity (Wildman–Crippen MR) is 339 cm³/mol. The minimum absolute atomic E-state index is 0.000637. The third-order valence-electron chi connectivity index (χ3n) is 14.1. The number of hydrogen-bond donors (Lipinski definition) is 30. The van der Waals surface area contributed by atoms with Gasteiger partial charge in [0.1, 0.15) is 85.6 Å². The summed E-state index contributed by atoms with van der Waals surface area (Å²) in [4.78, 5) is 174. The number of aliphatic carboxylic acids is 2. The molecule has 0 saturated heterocycles. The van der Waals surface area contributed by atoms with Gasteiger partial charge in [-0.3, -0.25) is 78.8 Å². The van der Waals surface area contributed by atoms with Gasteiger partial charge >= 0.3 is 11.9 Å². The maximum atomic E-state index is 14.5. The summed E-state index contributed by atoms with van der Waals surface area (Å²) in [6, 6.07) is -18.4. The fourth-order valence-corrected chi connectivity index (χ4v) is 8.75. The van der Waals surface area contributed by atoms with Crippen molar-refractivity contribution in [2.24, 2.45) is 57.5 Å². The molecule has 11 amide bonds. The smallest absolute Gasteiger partial charge is 0.326 e. The van der Waals surface area contributed by atoms with Gasteiger partial charge < -0.3 is 141 Å². The lowest BCUT2D eigenvalue weighted by Gasteiger charge is -2.29. The molecule has 0 rings (SSSR count). The summed E-state index contributed by atoms with van der Waals surface area (Å²) < 4.78 is 0. The van der Waals surface area contributed by atoms with Crippen LogP contribution in [0.3, 0.4) is 0 Å². The topological polar surface area (TPSA) is 774 Å². The Balaban J connectivity index is 7.16. The van der Waals surface area contributed by atoms with E-state index in [1.165, 1.54) is 13.8 Å². The molecule has 0 unspecified atom stereocenters. The molecule has 0 aromatic rings. The van der Waals surface area contributed by atoms with Crippen molar-refractivity contribution in [2.45, 2.75) is 209 Å². The Morgan fingerprint density at radius 2 is 0.615 bits per heavy atom. The summed E-state index contributed by atoms with van der Waals surface area (Å²) in [7, 11) is 0. The zero-order valence-electron chi connectivity index (χ0n) is 54.5. The molecule has 0 spiro atoms. The number of rotatable bonds is 52. The van der Waals surface area contributed by atoms with E-state index in [1.54, 1.807) is 0 Å². The van der Waals surface area contributed by atoms with Crippen molar-refractivity contribution in [3.8, 4) is 0 Å². The number of primary amides is 1. The van der Waals surface area contributed by atoms with Crippen molar-refractivity contribution in [3.63, 3.8) is 0 Å². The number of amides is 11. The van der Waals surface area contributed by atoms with Crippen LogP contribution in [0.1, 0.15) is 105 Å². The van der Waals surface area contributed by atoms with E-state index >= 15 is 0 Å². The van der Waals surface area contributed by atoms with Crippen molar-refractivity contribution < 1.29 is 98.7 Å². The van der Waals surface area contributed by atoms with E-state index in [2.05, 4.69) is 80.2 Å². The van der Waals surface area contributed by atoms with Gasteiger partial charge in [-0.05, 0) is 104 Å². The van der Waals surface area contributed by atoms with Gasteiger partial charge in [-0.2, -0.15) is 0 Å². The van der Waals surface area contributed by atoms with Crippen LogP contribution in [0.2, 0.25) is 0 Å². The number of aliphatic hydroxyl groups excluding tert-OH is 4. The second kappa shape index (κ2) is 47.4. The molecule has 0 aromatic heterocycles. The molecule has 43 nitrogen and oxygen atoms in total. The van der Waals surface area contributed by atoms with Crippen LogP contribution >= 0.6 is 0 Å². The van der Waals surface area contributed by atoms with E-state index in [1.807, 2.05) is 0 Å². The number of quaternary nitrogens is 1. The lowest BCUT2D eigenvalue weighted by atomic mass is 10.0.